The molecule has 0 aliphatic heterocycles. The van der Waals surface area contributed by atoms with Crippen molar-refractivity contribution in [2.75, 3.05) is 6.61 Å². The Kier molecular flexibility index (Phi) is 3.72. The molecule has 0 heterocycles. The molecule has 0 saturated heterocycles. The lowest BCUT2D eigenvalue weighted by Gasteiger charge is -2.59. The Morgan fingerprint density at radius 2 is 1.85 bits per heavy atom. The van der Waals surface area contributed by atoms with Crippen LogP contribution in [-0.2, 0) is 4.74 Å². The van der Waals surface area contributed by atoms with Gasteiger partial charge in [-0.3, -0.25) is 0 Å². The third-order valence-electron chi connectivity index (χ3n) is 7.05. The van der Waals surface area contributed by atoms with Gasteiger partial charge in [0.1, 0.15) is 0 Å². The first-order valence-electron chi connectivity index (χ1n) is 9.05. The molecule has 0 radical (unpaired) electrons. The van der Waals surface area contributed by atoms with Gasteiger partial charge in [-0.25, -0.2) is 0 Å². The summed E-state index contributed by atoms with van der Waals surface area (Å²) in [5.74, 6) is 1.94. The molecule has 3 aliphatic carbocycles. The lowest BCUT2D eigenvalue weighted by molar-refractivity contribution is -0.130. The van der Waals surface area contributed by atoms with Crippen LogP contribution in [0.3, 0.4) is 0 Å². The van der Waals surface area contributed by atoms with Crippen molar-refractivity contribution in [1.29, 1.82) is 0 Å². The smallest absolute Gasteiger partial charge is 0.0688 e. The summed E-state index contributed by atoms with van der Waals surface area (Å²) in [6, 6.07) is 0. The first-order valence-corrected chi connectivity index (χ1v) is 9.05. The summed E-state index contributed by atoms with van der Waals surface area (Å²) in [5.41, 5.74) is 1.41. The van der Waals surface area contributed by atoms with Gasteiger partial charge in [0.25, 0.3) is 0 Å². The molecule has 0 aromatic heterocycles. The van der Waals surface area contributed by atoms with Crippen LogP contribution in [0.4, 0.5) is 0 Å². The van der Waals surface area contributed by atoms with Gasteiger partial charge in [0.05, 0.1) is 5.60 Å². The van der Waals surface area contributed by atoms with Gasteiger partial charge >= 0.3 is 0 Å². The van der Waals surface area contributed by atoms with Crippen LogP contribution in [0, 0.1) is 22.7 Å². The minimum absolute atomic E-state index is 0.246. The van der Waals surface area contributed by atoms with Crippen LogP contribution in [0.25, 0.3) is 0 Å². The van der Waals surface area contributed by atoms with Crippen LogP contribution in [-0.4, -0.2) is 12.2 Å². The van der Waals surface area contributed by atoms with E-state index in [1.807, 2.05) is 0 Å². The van der Waals surface area contributed by atoms with Gasteiger partial charge < -0.3 is 4.74 Å². The number of unbranched alkanes of at least 4 members (excludes halogenated alkanes) is 1. The van der Waals surface area contributed by atoms with E-state index >= 15 is 0 Å². The largest absolute Gasteiger partial charge is 0.375 e. The second-order valence-corrected chi connectivity index (χ2v) is 9.01. The minimum atomic E-state index is 0.246. The predicted octanol–water partition coefficient (Wildman–Crippen LogP) is 5.58. The molecule has 0 aromatic rings. The van der Waals surface area contributed by atoms with Crippen LogP contribution >= 0.6 is 0 Å². The summed E-state index contributed by atoms with van der Waals surface area (Å²) in [5, 5.41) is 0. The quantitative estimate of drug-likeness (QED) is 0.610. The summed E-state index contributed by atoms with van der Waals surface area (Å²) in [4.78, 5) is 0. The van der Waals surface area contributed by atoms with Crippen LogP contribution in [0.5, 0.6) is 0 Å². The van der Waals surface area contributed by atoms with Gasteiger partial charge in [-0.15, -0.1) is 0 Å². The number of hydrogen-bond acceptors (Lipinski definition) is 1. The molecule has 0 spiro atoms. The maximum Gasteiger partial charge on any atom is 0.0688 e. The SMILES string of the molecule is CCCCOC12CCCC(C)(C1)C1CC(C)(C)C1CC2. The molecular formula is C19H34O. The van der Waals surface area contributed by atoms with E-state index in [1.54, 1.807) is 0 Å². The highest BCUT2D eigenvalue weighted by atomic mass is 16.5. The maximum atomic E-state index is 6.52. The lowest BCUT2D eigenvalue weighted by atomic mass is 9.46. The Labute approximate surface area is 125 Å². The molecule has 4 atom stereocenters. The fraction of sp³-hybridized carbons (Fsp3) is 1.00. The van der Waals surface area contributed by atoms with Crippen molar-refractivity contribution in [1.82, 2.24) is 0 Å². The number of hydrogen-bond donors (Lipinski definition) is 0. The van der Waals surface area contributed by atoms with Crippen molar-refractivity contribution in [3.63, 3.8) is 0 Å². The summed E-state index contributed by atoms with van der Waals surface area (Å²) in [7, 11) is 0. The van der Waals surface area contributed by atoms with E-state index in [1.165, 1.54) is 57.8 Å². The highest BCUT2D eigenvalue weighted by Crippen LogP contribution is 2.66. The molecule has 1 heteroatoms. The highest BCUT2D eigenvalue weighted by Gasteiger charge is 2.59. The molecular weight excluding hydrogens is 244 g/mol. The maximum absolute atomic E-state index is 6.52. The van der Waals surface area contributed by atoms with E-state index in [2.05, 4.69) is 27.7 Å². The first-order chi connectivity index (χ1) is 9.41. The van der Waals surface area contributed by atoms with E-state index in [-0.39, 0.29) is 5.60 Å². The van der Waals surface area contributed by atoms with Crippen molar-refractivity contribution in [2.24, 2.45) is 22.7 Å². The summed E-state index contributed by atoms with van der Waals surface area (Å²) in [6.07, 6.45) is 12.2. The monoisotopic (exact) mass is 278 g/mol. The van der Waals surface area contributed by atoms with E-state index in [4.69, 9.17) is 4.74 Å². The Bertz CT molecular complexity index is 361. The zero-order chi connectivity index (χ0) is 14.4. The third kappa shape index (κ3) is 2.34. The molecule has 20 heavy (non-hydrogen) atoms. The topological polar surface area (TPSA) is 9.23 Å². The highest BCUT2D eigenvalue weighted by molar-refractivity contribution is 5.09. The Morgan fingerprint density at radius 3 is 2.55 bits per heavy atom. The molecule has 1 nitrogen and oxygen atoms in total. The molecule has 3 rings (SSSR count). The fourth-order valence-electron chi connectivity index (χ4n) is 5.87. The van der Waals surface area contributed by atoms with Crippen LogP contribution < -0.4 is 0 Å². The summed E-state index contributed by atoms with van der Waals surface area (Å²) >= 11 is 0. The van der Waals surface area contributed by atoms with Gasteiger partial charge in [-0.05, 0) is 67.6 Å². The molecule has 116 valence electrons. The van der Waals surface area contributed by atoms with E-state index in [0.29, 0.717) is 10.8 Å². The molecule has 4 unspecified atom stereocenters. The molecule has 0 amide bonds. The van der Waals surface area contributed by atoms with E-state index in [9.17, 15) is 0 Å². The molecule has 3 aliphatic rings. The van der Waals surface area contributed by atoms with Gasteiger partial charge in [-0.1, -0.05) is 40.5 Å². The van der Waals surface area contributed by atoms with Gasteiger partial charge in [-0.2, -0.15) is 0 Å². The zero-order valence-electron chi connectivity index (χ0n) is 14.1. The lowest BCUT2D eigenvalue weighted by Crippen LogP contribution is -2.52. The Morgan fingerprint density at radius 1 is 1.05 bits per heavy atom. The third-order valence-corrected chi connectivity index (χ3v) is 7.05. The summed E-state index contributed by atoms with van der Waals surface area (Å²) in [6.45, 7) is 10.8. The Balaban J connectivity index is 1.77. The second-order valence-electron chi connectivity index (χ2n) is 9.01. The first kappa shape index (κ1) is 14.9. The fourth-order valence-corrected chi connectivity index (χ4v) is 5.87. The van der Waals surface area contributed by atoms with Crippen LogP contribution in [0.15, 0.2) is 0 Å². The summed E-state index contributed by atoms with van der Waals surface area (Å²) < 4.78 is 6.52. The van der Waals surface area contributed by atoms with Crippen molar-refractivity contribution in [3.05, 3.63) is 0 Å². The molecule has 0 N–H and O–H groups in total. The van der Waals surface area contributed by atoms with E-state index < -0.39 is 0 Å². The van der Waals surface area contributed by atoms with Crippen molar-refractivity contribution >= 4 is 0 Å². The average Bonchev–Trinajstić information content (AvgIpc) is 2.43. The number of fused-ring (bicyclic) bond motifs is 4. The zero-order valence-corrected chi connectivity index (χ0v) is 14.1. The molecule has 3 fully saturated rings. The normalized spacial score (nSPS) is 46.2. The van der Waals surface area contributed by atoms with Crippen LogP contribution in [0.2, 0.25) is 0 Å². The van der Waals surface area contributed by atoms with Crippen molar-refractivity contribution in [2.45, 2.75) is 91.1 Å². The predicted molar refractivity (Wildman–Crippen MR) is 84.8 cm³/mol. The Hall–Kier alpha value is -0.0400. The molecule has 0 aromatic carbocycles. The van der Waals surface area contributed by atoms with Gasteiger partial charge in [0, 0.05) is 6.61 Å². The van der Waals surface area contributed by atoms with Crippen molar-refractivity contribution < 1.29 is 4.74 Å². The molecule has 2 bridgehead atoms. The number of ether oxygens (including phenoxy) is 1. The van der Waals surface area contributed by atoms with Gasteiger partial charge in [0.15, 0.2) is 0 Å². The standard InChI is InChI=1S/C19H34O/c1-5-6-12-20-19-10-7-9-18(4,14-19)16-13-17(2,3)15(16)8-11-19/h15-16H,5-14H2,1-4H3. The minimum Gasteiger partial charge on any atom is -0.375 e. The van der Waals surface area contributed by atoms with Crippen LogP contribution in [0.1, 0.15) is 85.5 Å². The second kappa shape index (κ2) is 5.00. The van der Waals surface area contributed by atoms with E-state index in [0.717, 1.165) is 18.4 Å². The molecule has 3 saturated carbocycles. The average molecular weight is 278 g/mol. The number of rotatable bonds is 4. The van der Waals surface area contributed by atoms with Crippen molar-refractivity contribution in [3.8, 4) is 0 Å². The van der Waals surface area contributed by atoms with Gasteiger partial charge in [0.2, 0.25) is 0 Å².